The Morgan fingerprint density at radius 3 is 2.60 bits per heavy atom. The fourth-order valence-electron chi connectivity index (χ4n) is 3.42. The van der Waals surface area contributed by atoms with Crippen LogP contribution in [-0.4, -0.2) is 61.5 Å². The molecule has 1 saturated carbocycles. The Bertz CT molecular complexity index is 245. The van der Waals surface area contributed by atoms with Gasteiger partial charge in [0, 0.05) is 38.1 Å². The molecule has 0 atom stereocenters. The number of nitrogens with zero attached hydrogens (tertiary/aromatic N) is 1. The molecule has 4 nitrogen and oxygen atoms in total. The number of piperazine rings is 1. The lowest BCUT2D eigenvalue weighted by Gasteiger charge is -2.46. The molecule has 1 aliphatic carbocycles. The van der Waals surface area contributed by atoms with Gasteiger partial charge in [-0.3, -0.25) is 4.90 Å². The summed E-state index contributed by atoms with van der Waals surface area (Å²) in [5, 5.41) is 12.6. The highest BCUT2D eigenvalue weighted by molar-refractivity contribution is 5.12. The third-order valence-electron chi connectivity index (χ3n) is 4.14. The zero-order chi connectivity index (χ0) is 10.4. The first kappa shape index (κ1) is 10.0. The molecule has 4 aliphatic rings. The lowest BCUT2D eigenvalue weighted by Crippen LogP contribution is -2.56. The average Bonchev–Trinajstić information content (AvgIpc) is 2.74. The van der Waals surface area contributed by atoms with Crippen molar-refractivity contribution in [3.05, 3.63) is 0 Å². The van der Waals surface area contributed by atoms with Crippen LogP contribution < -0.4 is 5.32 Å². The van der Waals surface area contributed by atoms with Crippen molar-refractivity contribution in [1.82, 2.24) is 10.2 Å². The van der Waals surface area contributed by atoms with Gasteiger partial charge >= 0.3 is 0 Å². The van der Waals surface area contributed by atoms with E-state index in [0.29, 0.717) is 6.61 Å². The van der Waals surface area contributed by atoms with E-state index in [0.717, 1.165) is 52.2 Å². The zero-order valence-corrected chi connectivity index (χ0v) is 9.17. The summed E-state index contributed by atoms with van der Waals surface area (Å²) in [6.07, 6.45) is 2.14. The minimum Gasteiger partial charge on any atom is -0.396 e. The Labute approximate surface area is 90.6 Å². The number of aliphatic hydroxyl groups is 1. The second-order valence-electron chi connectivity index (χ2n) is 5.51. The van der Waals surface area contributed by atoms with E-state index in [9.17, 15) is 5.11 Å². The topological polar surface area (TPSA) is 44.7 Å². The molecule has 3 heterocycles. The van der Waals surface area contributed by atoms with Crippen LogP contribution in [-0.2, 0) is 4.74 Å². The minimum absolute atomic E-state index is 0.0973. The molecule has 0 amide bonds. The third kappa shape index (κ3) is 1.60. The number of ether oxygens (including phenoxy) is 1. The molecule has 86 valence electrons. The van der Waals surface area contributed by atoms with Gasteiger partial charge in [0.05, 0.1) is 18.8 Å². The monoisotopic (exact) mass is 212 g/mol. The van der Waals surface area contributed by atoms with Crippen molar-refractivity contribution in [3.8, 4) is 0 Å². The molecule has 4 rings (SSSR count). The van der Waals surface area contributed by atoms with Crippen molar-refractivity contribution in [2.45, 2.75) is 18.4 Å². The van der Waals surface area contributed by atoms with E-state index in [4.69, 9.17) is 4.74 Å². The predicted octanol–water partition coefficient (Wildman–Crippen LogP) is -0.567. The standard InChI is InChI=1S/C11H20N2O2/c14-8-10-5-11(6-10,15-9-10)7-13-3-1-12-2-4-13/h12,14H,1-9H2. The Balaban J connectivity index is 1.56. The first-order valence-corrected chi connectivity index (χ1v) is 5.94. The Kier molecular flexibility index (Phi) is 2.28. The minimum atomic E-state index is 0.0973. The van der Waals surface area contributed by atoms with Crippen molar-refractivity contribution in [1.29, 1.82) is 0 Å². The fourth-order valence-corrected chi connectivity index (χ4v) is 3.42. The molecule has 2 N–H and O–H groups in total. The molecular weight excluding hydrogens is 192 g/mol. The number of fused-ring (bicyclic) bond motifs is 1. The van der Waals surface area contributed by atoms with Crippen LogP contribution in [0.3, 0.4) is 0 Å². The number of hydrogen-bond acceptors (Lipinski definition) is 4. The molecule has 4 fully saturated rings. The maximum absolute atomic E-state index is 9.28. The summed E-state index contributed by atoms with van der Waals surface area (Å²) in [6.45, 7) is 6.61. The second kappa shape index (κ2) is 3.42. The number of aliphatic hydroxyl groups excluding tert-OH is 1. The van der Waals surface area contributed by atoms with Crippen LogP contribution >= 0.6 is 0 Å². The van der Waals surface area contributed by atoms with Crippen LogP contribution in [0.1, 0.15) is 12.8 Å². The Morgan fingerprint density at radius 2 is 2.00 bits per heavy atom. The van der Waals surface area contributed by atoms with Gasteiger partial charge in [-0.2, -0.15) is 0 Å². The highest BCUT2D eigenvalue weighted by Crippen LogP contribution is 2.57. The van der Waals surface area contributed by atoms with Crippen molar-refractivity contribution < 1.29 is 9.84 Å². The van der Waals surface area contributed by atoms with Crippen LogP contribution in [0, 0.1) is 5.41 Å². The molecule has 3 saturated heterocycles. The first-order chi connectivity index (χ1) is 7.26. The molecule has 4 heteroatoms. The highest BCUT2D eigenvalue weighted by Gasteiger charge is 2.62. The van der Waals surface area contributed by atoms with Crippen molar-refractivity contribution in [2.75, 3.05) is 45.9 Å². The summed E-state index contributed by atoms with van der Waals surface area (Å²) in [7, 11) is 0. The number of hydrogen-bond donors (Lipinski definition) is 2. The number of rotatable bonds is 3. The highest BCUT2D eigenvalue weighted by atomic mass is 16.5. The second-order valence-corrected chi connectivity index (χ2v) is 5.51. The van der Waals surface area contributed by atoms with E-state index in [1.807, 2.05) is 0 Å². The lowest BCUT2D eigenvalue weighted by atomic mass is 9.63. The normalized spacial score (nSPS) is 45.4. The van der Waals surface area contributed by atoms with E-state index >= 15 is 0 Å². The number of nitrogens with one attached hydrogen (secondary N) is 1. The van der Waals surface area contributed by atoms with Crippen molar-refractivity contribution in [2.24, 2.45) is 5.41 Å². The third-order valence-corrected chi connectivity index (χ3v) is 4.14. The maximum Gasteiger partial charge on any atom is 0.0823 e. The molecule has 0 aromatic heterocycles. The molecule has 15 heavy (non-hydrogen) atoms. The van der Waals surface area contributed by atoms with Gasteiger partial charge < -0.3 is 15.2 Å². The quantitative estimate of drug-likeness (QED) is 0.658. The molecule has 0 aromatic rings. The first-order valence-electron chi connectivity index (χ1n) is 5.94. The van der Waals surface area contributed by atoms with E-state index in [2.05, 4.69) is 10.2 Å². The SMILES string of the molecule is OCC12COC(CN3CCNCC3)(C1)C2. The molecule has 0 radical (unpaired) electrons. The van der Waals surface area contributed by atoms with Gasteiger partial charge in [0.15, 0.2) is 0 Å². The van der Waals surface area contributed by atoms with Crippen molar-refractivity contribution >= 4 is 0 Å². The average molecular weight is 212 g/mol. The van der Waals surface area contributed by atoms with Crippen LogP contribution in [0.2, 0.25) is 0 Å². The summed E-state index contributed by atoms with van der Waals surface area (Å²) in [6, 6.07) is 0. The smallest absolute Gasteiger partial charge is 0.0823 e. The zero-order valence-electron chi connectivity index (χ0n) is 9.17. The summed E-state index contributed by atoms with van der Waals surface area (Å²) in [5.41, 5.74) is 0.230. The largest absolute Gasteiger partial charge is 0.396 e. The Morgan fingerprint density at radius 1 is 1.27 bits per heavy atom. The van der Waals surface area contributed by atoms with Gasteiger partial charge in [-0.25, -0.2) is 0 Å². The predicted molar refractivity (Wildman–Crippen MR) is 56.7 cm³/mol. The Hall–Kier alpha value is -0.160. The fraction of sp³-hybridized carbons (Fsp3) is 1.00. The lowest BCUT2D eigenvalue weighted by molar-refractivity contribution is -0.0539. The van der Waals surface area contributed by atoms with Crippen LogP contribution in [0.25, 0.3) is 0 Å². The molecule has 0 unspecified atom stereocenters. The van der Waals surface area contributed by atoms with E-state index in [-0.39, 0.29) is 11.0 Å². The van der Waals surface area contributed by atoms with Crippen LogP contribution in [0.15, 0.2) is 0 Å². The van der Waals surface area contributed by atoms with Crippen molar-refractivity contribution in [3.63, 3.8) is 0 Å². The van der Waals surface area contributed by atoms with Crippen LogP contribution in [0.4, 0.5) is 0 Å². The molecular formula is C11H20N2O2. The summed E-state index contributed by atoms with van der Waals surface area (Å²) >= 11 is 0. The molecule has 2 bridgehead atoms. The van der Waals surface area contributed by atoms with E-state index in [1.165, 1.54) is 0 Å². The summed E-state index contributed by atoms with van der Waals surface area (Å²) < 4.78 is 5.89. The summed E-state index contributed by atoms with van der Waals surface area (Å²) in [5.74, 6) is 0. The molecule has 3 aliphatic heterocycles. The van der Waals surface area contributed by atoms with E-state index < -0.39 is 0 Å². The van der Waals surface area contributed by atoms with Crippen LogP contribution in [0.5, 0.6) is 0 Å². The van der Waals surface area contributed by atoms with Gasteiger partial charge in [-0.05, 0) is 12.8 Å². The van der Waals surface area contributed by atoms with E-state index in [1.54, 1.807) is 0 Å². The molecule has 0 aromatic carbocycles. The van der Waals surface area contributed by atoms with Gasteiger partial charge in [0.2, 0.25) is 0 Å². The van der Waals surface area contributed by atoms with Gasteiger partial charge in [0.1, 0.15) is 0 Å². The van der Waals surface area contributed by atoms with Gasteiger partial charge in [-0.1, -0.05) is 0 Å². The molecule has 0 spiro atoms. The van der Waals surface area contributed by atoms with Gasteiger partial charge in [0.25, 0.3) is 0 Å². The van der Waals surface area contributed by atoms with Gasteiger partial charge in [-0.15, -0.1) is 0 Å². The summed E-state index contributed by atoms with van der Waals surface area (Å²) in [4.78, 5) is 2.49. The maximum atomic E-state index is 9.28.